The van der Waals surface area contributed by atoms with Crippen molar-refractivity contribution in [3.63, 3.8) is 0 Å². The zero-order chi connectivity index (χ0) is 57.5. The Morgan fingerprint density at radius 1 is 0.704 bits per heavy atom. The molecule has 0 saturated carbocycles. The molecule has 29 heteroatoms. The van der Waals surface area contributed by atoms with Gasteiger partial charge in [-0.3, -0.25) is 24.0 Å². The number of sulfonamides is 2. The number of piperidine rings is 2. The van der Waals surface area contributed by atoms with E-state index < -0.39 is 69.0 Å². The van der Waals surface area contributed by atoms with Crippen molar-refractivity contribution in [2.45, 2.75) is 53.6 Å². The van der Waals surface area contributed by atoms with E-state index in [0.29, 0.717) is 109 Å². The molecule has 4 N–H and O–H groups in total. The summed E-state index contributed by atoms with van der Waals surface area (Å²) in [5.74, 6) is -1.92. The predicted octanol–water partition coefficient (Wildman–Crippen LogP) is 1.83. The van der Waals surface area contributed by atoms with E-state index in [4.69, 9.17) is 27.9 Å². The van der Waals surface area contributed by atoms with Crippen LogP contribution >= 0.6 is 23.2 Å². The molecule has 0 aliphatic carbocycles. The minimum atomic E-state index is -4.21. The molecule has 81 heavy (non-hydrogen) atoms. The summed E-state index contributed by atoms with van der Waals surface area (Å²) in [6, 6.07) is 11.9. The van der Waals surface area contributed by atoms with Crippen LogP contribution < -0.4 is 21.3 Å². The van der Waals surface area contributed by atoms with Gasteiger partial charge in [-0.1, -0.05) is 23.2 Å². The summed E-state index contributed by atoms with van der Waals surface area (Å²) in [5.41, 5.74) is 0.946. The van der Waals surface area contributed by atoms with Crippen LogP contribution in [-0.2, 0) is 58.1 Å². The van der Waals surface area contributed by atoms with Gasteiger partial charge in [0.15, 0.2) is 0 Å². The Morgan fingerprint density at radius 2 is 1.25 bits per heavy atom. The van der Waals surface area contributed by atoms with E-state index in [1.54, 1.807) is 47.4 Å². The third-order valence-electron chi connectivity index (χ3n) is 15.8. The number of carbonyl (C=O) groups is 4. The fourth-order valence-corrected chi connectivity index (χ4v) is 14.6. The van der Waals surface area contributed by atoms with Crippen molar-refractivity contribution in [3.8, 4) is 0 Å². The van der Waals surface area contributed by atoms with Crippen molar-refractivity contribution in [1.29, 1.82) is 0 Å². The highest BCUT2D eigenvalue weighted by Gasteiger charge is 2.48. The first-order valence-electron chi connectivity index (χ1n) is 26.5. The monoisotopic (exact) mass is 1190 g/mol. The van der Waals surface area contributed by atoms with Crippen LogP contribution in [0.25, 0.3) is 21.8 Å². The SMILES string of the molecule is Cn1nc(C(C2CCNCC2)N2C(=O)CN(S(=O)(=O)c3ccc4c(Cl)c[nH]c4c3)CC2C(=O)O)ccc1=O.Cn1nc(N2CCC(CN3C(=O)CN(S(=O)(=O)c4ccc5c(Cl)c[nH]c5c4)CC3C(=O)N3CCOCC3)CC2)ccc1=O. The number of nitrogens with zero attached hydrogens (tertiary/aromatic N) is 10. The van der Waals surface area contributed by atoms with Crippen LogP contribution in [0.3, 0.4) is 0 Å². The highest BCUT2D eigenvalue weighted by molar-refractivity contribution is 7.89. The number of ether oxygens (including phenoxy) is 1. The fourth-order valence-electron chi connectivity index (χ4n) is 11.4. The molecule has 2 aromatic carbocycles. The molecule has 25 nitrogen and oxygen atoms in total. The third-order valence-corrected chi connectivity index (χ3v) is 20.1. The number of hydrogen-bond donors (Lipinski definition) is 4. The van der Waals surface area contributed by atoms with Crippen molar-refractivity contribution < 1.29 is 45.9 Å². The van der Waals surface area contributed by atoms with E-state index >= 15 is 0 Å². The summed E-state index contributed by atoms with van der Waals surface area (Å²) in [5, 5.41) is 24.4. The molecular weight excluding hydrogens is 1130 g/mol. The minimum Gasteiger partial charge on any atom is -0.480 e. The molecule has 3 atom stereocenters. The standard InChI is InChI=1S/C28H34ClN7O6S.C24H27ClN6O6S/c1-32-26(37)5-4-25(31-32)33-8-6-19(7-9-33)16-36-24(28(39)34-10-12-42-13-11-34)17-35(18-27(36)38)43(40,41)20-2-3-21-22(29)15-30-23(21)14-20;1-29-21(32)5-4-18(28-29)23(14-6-8-26-9-7-14)31-20(24(34)35)12-30(13-22(31)33)38(36,37)15-2-3-16-17(25)11-27-19(16)10-15/h2-5,14-15,19,24,30H,6-13,16-18H2,1H3;2-5,10-11,14,20,23,26-27H,6-9,12-13H2,1H3,(H,34,35). The van der Waals surface area contributed by atoms with Crippen LogP contribution in [0.1, 0.15) is 37.4 Å². The van der Waals surface area contributed by atoms with E-state index in [2.05, 4.69) is 30.4 Å². The lowest BCUT2D eigenvalue weighted by Crippen LogP contribution is -2.64. The molecule has 9 heterocycles. The average molecular weight is 1200 g/mol. The van der Waals surface area contributed by atoms with Gasteiger partial charge >= 0.3 is 5.97 Å². The summed E-state index contributed by atoms with van der Waals surface area (Å²) < 4.78 is 64.5. The van der Waals surface area contributed by atoms with Gasteiger partial charge < -0.3 is 44.7 Å². The molecule has 0 radical (unpaired) electrons. The first-order valence-corrected chi connectivity index (χ1v) is 30.1. The number of morpholine rings is 1. The number of amides is 3. The number of aromatic amines is 2. The summed E-state index contributed by atoms with van der Waals surface area (Å²) in [7, 11) is -5.19. The molecule has 3 unspecified atom stereocenters. The number of anilines is 1. The number of piperazine rings is 2. The Balaban J connectivity index is 0.000000183. The first kappa shape index (κ1) is 57.5. The molecule has 3 amide bonds. The van der Waals surface area contributed by atoms with Gasteiger partial charge in [0.1, 0.15) is 17.9 Å². The largest absolute Gasteiger partial charge is 0.480 e. The highest BCUT2D eigenvalue weighted by Crippen LogP contribution is 2.38. The van der Waals surface area contributed by atoms with Crippen LogP contribution in [-0.4, -0.2) is 196 Å². The number of benzene rings is 2. The number of aryl methyl sites for hydroxylation is 2. The van der Waals surface area contributed by atoms with Gasteiger partial charge in [0, 0.05) is 106 Å². The molecule has 4 aromatic heterocycles. The van der Waals surface area contributed by atoms with E-state index in [0.717, 1.165) is 32.0 Å². The lowest BCUT2D eigenvalue weighted by atomic mass is 9.85. The van der Waals surface area contributed by atoms with Crippen molar-refractivity contribution >= 4 is 94.6 Å². The number of carbonyl (C=O) groups excluding carboxylic acids is 3. The molecule has 432 valence electrons. The summed E-state index contributed by atoms with van der Waals surface area (Å²) in [6.07, 6.45) is 5.96. The second kappa shape index (κ2) is 23.6. The molecule has 5 aliphatic heterocycles. The van der Waals surface area contributed by atoms with Gasteiger partial charge in [0.25, 0.3) is 11.1 Å². The normalized spacial score (nSPS) is 20.9. The van der Waals surface area contributed by atoms with Gasteiger partial charge in [0.05, 0.1) is 57.9 Å². The van der Waals surface area contributed by atoms with Crippen LogP contribution in [0.2, 0.25) is 10.0 Å². The Kier molecular flexibility index (Phi) is 16.8. The number of rotatable bonds is 12. The lowest BCUT2D eigenvalue weighted by Gasteiger charge is -2.45. The van der Waals surface area contributed by atoms with Gasteiger partial charge in [-0.15, -0.1) is 0 Å². The zero-order valence-electron chi connectivity index (χ0n) is 44.3. The Labute approximate surface area is 475 Å². The van der Waals surface area contributed by atoms with Crippen molar-refractivity contribution in [1.82, 2.24) is 58.2 Å². The van der Waals surface area contributed by atoms with Crippen LogP contribution in [0.15, 0.2) is 92.4 Å². The van der Waals surface area contributed by atoms with Crippen molar-refractivity contribution in [3.05, 3.63) is 110 Å². The second-order valence-corrected chi connectivity index (χ2v) is 25.5. The number of aromatic nitrogens is 6. The summed E-state index contributed by atoms with van der Waals surface area (Å²) >= 11 is 12.3. The summed E-state index contributed by atoms with van der Waals surface area (Å²) in [4.78, 5) is 89.8. The first-order chi connectivity index (χ1) is 38.7. The smallest absolute Gasteiger partial charge is 0.327 e. The van der Waals surface area contributed by atoms with Crippen molar-refractivity contribution in [2.75, 3.05) is 90.1 Å². The van der Waals surface area contributed by atoms with Gasteiger partial charge in [-0.05, 0) is 99.1 Å². The van der Waals surface area contributed by atoms with Crippen LogP contribution in [0.5, 0.6) is 0 Å². The molecule has 0 bridgehead atoms. The number of hydrogen-bond acceptors (Lipinski definition) is 15. The number of carboxylic acids is 1. The van der Waals surface area contributed by atoms with Crippen LogP contribution in [0, 0.1) is 11.8 Å². The quantitative estimate of drug-likeness (QED) is 0.136. The number of H-pyrrole nitrogens is 2. The van der Waals surface area contributed by atoms with E-state index in [-0.39, 0.29) is 51.7 Å². The third kappa shape index (κ3) is 11.8. The van der Waals surface area contributed by atoms with E-state index in [1.165, 1.54) is 59.1 Å². The highest BCUT2D eigenvalue weighted by atomic mass is 35.5. The molecule has 5 fully saturated rings. The van der Waals surface area contributed by atoms with Gasteiger partial charge in [-0.25, -0.2) is 31.0 Å². The number of nitrogens with one attached hydrogen (secondary N) is 3. The summed E-state index contributed by atoms with van der Waals surface area (Å²) in [6.45, 7) is 3.22. The van der Waals surface area contributed by atoms with Gasteiger partial charge in [-0.2, -0.15) is 18.8 Å². The zero-order valence-corrected chi connectivity index (χ0v) is 47.5. The number of halogens is 2. The molecular formula is C52H61Cl2N13O12S2. The molecule has 5 aliphatic rings. The molecule has 11 rings (SSSR count). The Hall–Kier alpha value is -6.72. The number of carboxylic acid groups (broad SMARTS) is 1. The Morgan fingerprint density at radius 3 is 1.80 bits per heavy atom. The minimum absolute atomic E-state index is 0.0248. The second-order valence-electron chi connectivity index (χ2n) is 20.8. The Bertz CT molecular complexity index is 3740. The molecule has 6 aromatic rings. The number of aliphatic carboxylic acids is 1. The predicted molar refractivity (Wildman–Crippen MR) is 298 cm³/mol. The van der Waals surface area contributed by atoms with Gasteiger partial charge in [0.2, 0.25) is 37.8 Å². The topological polar surface area (TPSA) is 299 Å². The maximum atomic E-state index is 13.8. The van der Waals surface area contributed by atoms with Crippen molar-refractivity contribution in [2.24, 2.45) is 25.9 Å². The van der Waals surface area contributed by atoms with E-state index in [9.17, 15) is 50.7 Å². The lowest BCUT2D eigenvalue weighted by molar-refractivity contribution is -0.158. The number of fused-ring (bicyclic) bond motifs is 2. The average Bonchev–Trinajstić information content (AvgIpc) is 4.15. The fraction of sp³-hybridized carbons (Fsp3) is 0.462. The molecule has 0 spiro atoms. The van der Waals surface area contributed by atoms with Crippen LogP contribution in [0.4, 0.5) is 5.82 Å². The molecule has 5 saturated heterocycles. The maximum Gasteiger partial charge on any atom is 0.327 e. The van der Waals surface area contributed by atoms with E-state index in [1.807, 2.05) is 0 Å². The maximum absolute atomic E-state index is 13.8.